The molecule has 2 unspecified atom stereocenters. The van der Waals surface area contributed by atoms with Gasteiger partial charge in [0.05, 0.1) is 24.5 Å². The molecule has 1 heterocycles. The van der Waals surface area contributed by atoms with Crippen molar-refractivity contribution in [3.8, 4) is 22.5 Å². The molecule has 172 valence electrons. The van der Waals surface area contributed by atoms with E-state index in [0.29, 0.717) is 29.5 Å². The Morgan fingerprint density at radius 1 is 1.00 bits per heavy atom. The lowest BCUT2D eigenvalue weighted by Crippen LogP contribution is -2.09. The summed E-state index contributed by atoms with van der Waals surface area (Å²) in [6, 6.07) is 26.3. The van der Waals surface area contributed by atoms with Crippen molar-refractivity contribution in [1.29, 1.82) is 0 Å². The van der Waals surface area contributed by atoms with E-state index in [9.17, 15) is 9.90 Å². The molecule has 3 atom stereocenters. The van der Waals surface area contributed by atoms with Crippen LogP contribution in [0.1, 0.15) is 40.8 Å². The van der Waals surface area contributed by atoms with Crippen LogP contribution in [0, 0.1) is 12.8 Å². The Morgan fingerprint density at radius 3 is 2.29 bits per heavy atom. The number of benzene rings is 3. The molecule has 1 fully saturated rings. The monoisotopic (exact) mass is 453 g/mol. The van der Waals surface area contributed by atoms with Gasteiger partial charge in [0.25, 0.3) is 0 Å². The summed E-state index contributed by atoms with van der Waals surface area (Å²) in [4.78, 5) is 10.9. The van der Waals surface area contributed by atoms with Crippen molar-refractivity contribution in [2.45, 2.75) is 32.0 Å². The zero-order chi connectivity index (χ0) is 23.5. The van der Waals surface area contributed by atoms with Crippen LogP contribution in [0.2, 0.25) is 0 Å². The van der Waals surface area contributed by atoms with E-state index in [1.54, 1.807) is 0 Å². The Balaban J connectivity index is 1.27. The first-order chi connectivity index (χ1) is 16.6. The van der Waals surface area contributed by atoms with Crippen molar-refractivity contribution >= 4 is 6.29 Å². The number of rotatable bonds is 9. The molecule has 0 spiro atoms. The maximum absolute atomic E-state index is 10.9. The summed E-state index contributed by atoms with van der Waals surface area (Å²) < 4.78 is 11.3. The predicted molar refractivity (Wildman–Crippen MR) is 130 cm³/mol. The van der Waals surface area contributed by atoms with Gasteiger partial charge in [0, 0.05) is 11.5 Å². The second-order valence-corrected chi connectivity index (χ2v) is 8.87. The van der Waals surface area contributed by atoms with Crippen molar-refractivity contribution in [3.05, 3.63) is 101 Å². The minimum absolute atomic E-state index is 0.153. The van der Waals surface area contributed by atoms with Crippen LogP contribution in [0.4, 0.5) is 0 Å². The fourth-order valence-corrected chi connectivity index (χ4v) is 4.41. The molecule has 34 heavy (non-hydrogen) atoms. The molecule has 0 saturated heterocycles. The van der Waals surface area contributed by atoms with Gasteiger partial charge in [-0.25, -0.2) is 0 Å². The Bertz CT molecular complexity index is 1250. The smallest absolute Gasteiger partial charge is 0.173 e. The average molecular weight is 454 g/mol. The lowest BCUT2D eigenvalue weighted by atomic mass is 9.98. The normalized spacial score (nSPS) is 17.9. The van der Waals surface area contributed by atoms with Gasteiger partial charge in [0.1, 0.15) is 12.4 Å². The van der Waals surface area contributed by atoms with Crippen LogP contribution in [-0.2, 0) is 16.1 Å². The van der Waals surface area contributed by atoms with Gasteiger partial charge < -0.3 is 19.2 Å². The van der Waals surface area contributed by atoms with Gasteiger partial charge in [-0.3, -0.25) is 0 Å². The third-order valence-electron chi connectivity index (χ3n) is 6.46. The van der Waals surface area contributed by atoms with Gasteiger partial charge in [0.15, 0.2) is 5.76 Å². The third kappa shape index (κ3) is 4.72. The summed E-state index contributed by atoms with van der Waals surface area (Å²) in [6.45, 7) is 2.41. The molecule has 1 aromatic heterocycles. The molecular weight excluding hydrogens is 426 g/mol. The second kappa shape index (κ2) is 9.75. The maximum atomic E-state index is 10.9. The highest BCUT2D eigenvalue weighted by Gasteiger charge is 2.37. The molecular formula is C29H27NO4. The Labute approximate surface area is 199 Å². The van der Waals surface area contributed by atoms with Crippen LogP contribution in [0.15, 0.2) is 83.4 Å². The summed E-state index contributed by atoms with van der Waals surface area (Å²) in [5, 5.41) is 14.9. The fraction of sp³-hybridized carbons (Fsp3) is 0.241. The molecule has 1 N–H and O–H groups in total. The predicted octanol–water partition coefficient (Wildman–Crippen LogP) is 5.87. The van der Waals surface area contributed by atoms with Gasteiger partial charge in [-0.2, -0.15) is 0 Å². The zero-order valence-electron chi connectivity index (χ0n) is 19.1. The van der Waals surface area contributed by atoms with Gasteiger partial charge in [-0.05, 0) is 41.5 Å². The summed E-state index contributed by atoms with van der Waals surface area (Å²) in [5.74, 6) is 1.12. The fourth-order valence-electron chi connectivity index (χ4n) is 4.41. The molecule has 0 amide bonds. The standard InChI is InChI=1S/C29H27NO4/c1-19-28(27(32)18-33-17-20-5-3-2-4-6-20)29(34-30-19)24-13-9-22(10-14-24)21-7-11-23(12-8-21)26-15-25(26)16-31/h2-14,16,25-27,32H,15,17-18H2,1H3/t25?,26?,27-/m1/s1. The van der Waals surface area contributed by atoms with Crippen LogP contribution < -0.4 is 0 Å². The first-order valence-corrected chi connectivity index (χ1v) is 11.6. The number of carbonyl (C=O) groups is 1. The van der Waals surface area contributed by atoms with Crippen LogP contribution in [0.3, 0.4) is 0 Å². The molecule has 1 saturated carbocycles. The Hall–Kier alpha value is -3.54. The van der Waals surface area contributed by atoms with E-state index in [2.05, 4.69) is 29.4 Å². The van der Waals surface area contributed by atoms with Gasteiger partial charge >= 0.3 is 0 Å². The van der Waals surface area contributed by atoms with Gasteiger partial charge in [-0.15, -0.1) is 0 Å². The highest BCUT2D eigenvalue weighted by molar-refractivity contribution is 5.70. The summed E-state index contributed by atoms with van der Waals surface area (Å²) in [5.41, 5.74) is 6.64. The molecule has 1 aliphatic rings. The molecule has 3 aromatic carbocycles. The number of aliphatic hydroxyl groups is 1. The number of hydrogen-bond donors (Lipinski definition) is 1. The van der Waals surface area contributed by atoms with Gasteiger partial charge in [0.2, 0.25) is 0 Å². The number of aryl methyl sites for hydroxylation is 1. The first-order valence-electron chi connectivity index (χ1n) is 11.6. The minimum atomic E-state index is -0.838. The van der Waals surface area contributed by atoms with E-state index in [4.69, 9.17) is 9.26 Å². The van der Waals surface area contributed by atoms with Crippen LogP contribution >= 0.6 is 0 Å². The van der Waals surface area contributed by atoms with Gasteiger partial charge in [-0.1, -0.05) is 84.0 Å². The van der Waals surface area contributed by atoms with Crippen LogP contribution in [0.5, 0.6) is 0 Å². The molecule has 4 aromatic rings. The molecule has 0 aliphatic heterocycles. The quantitative estimate of drug-likeness (QED) is 0.321. The number of nitrogens with zero attached hydrogens (tertiary/aromatic N) is 1. The average Bonchev–Trinajstić information content (AvgIpc) is 3.58. The summed E-state index contributed by atoms with van der Waals surface area (Å²) in [7, 11) is 0. The minimum Gasteiger partial charge on any atom is -0.386 e. The largest absolute Gasteiger partial charge is 0.386 e. The van der Waals surface area contributed by atoms with E-state index in [0.717, 1.165) is 35.0 Å². The Kier molecular flexibility index (Phi) is 6.39. The van der Waals surface area contributed by atoms with Crippen molar-refractivity contribution in [2.24, 2.45) is 5.92 Å². The summed E-state index contributed by atoms with van der Waals surface area (Å²) in [6.07, 6.45) is 1.18. The number of aldehydes is 1. The van der Waals surface area contributed by atoms with Crippen LogP contribution in [-0.4, -0.2) is 23.2 Å². The molecule has 5 rings (SSSR count). The first kappa shape index (κ1) is 22.3. The van der Waals surface area contributed by atoms with Crippen LogP contribution in [0.25, 0.3) is 22.5 Å². The molecule has 0 radical (unpaired) electrons. The molecule has 5 heteroatoms. The molecule has 0 bridgehead atoms. The molecule has 1 aliphatic carbocycles. The van der Waals surface area contributed by atoms with E-state index in [-0.39, 0.29) is 12.5 Å². The van der Waals surface area contributed by atoms with Crippen molar-refractivity contribution in [1.82, 2.24) is 5.16 Å². The molecule has 5 nitrogen and oxygen atoms in total. The van der Waals surface area contributed by atoms with Crippen molar-refractivity contribution in [3.63, 3.8) is 0 Å². The highest BCUT2D eigenvalue weighted by Crippen LogP contribution is 2.46. The third-order valence-corrected chi connectivity index (χ3v) is 6.46. The lowest BCUT2D eigenvalue weighted by Gasteiger charge is -2.12. The van der Waals surface area contributed by atoms with E-state index < -0.39 is 6.10 Å². The van der Waals surface area contributed by atoms with Crippen molar-refractivity contribution < 1.29 is 19.2 Å². The SMILES string of the molecule is Cc1noc(-c2ccc(-c3ccc(C4CC4C=O)cc3)cc2)c1[C@H](O)COCc1ccccc1. The number of aromatic nitrogens is 1. The topological polar surface area (TPSA) is 72.6 Å². The van der Waals surface area contributed by atoms with Crippen molar-refractivity contribution in [2.75, 3.05) is 6.61 Å². The lowest BCUT2D eigenvalue weighted by molar-refractivity contribution is -0.108. The van der Waals surface area contributed by atoms with E-state index in [1.807, 2.05) is 61.5 Å². The number of aliphatic hydroxyl groups excluding tert-OH is 1. The Morgan fingerprint density at radius 2 is 1.65 bits per heavy atom. The number of carbonyl (C=O) groups excluding carboxylic acids is 1. The second-order valence-electron chi connectivity index (χ2n) is 8.87. The van der Waals surface area contributed by atoms with E-state index >= 15 is 0 Å². The number of ether oxygens (including phenoxy) is 1. The maximum Gasteiger partial charge on any atom is 0.173 e. The highest BCUT2D eigenvalue weighted by atomic mass is 16.5. The van der Waals surface area contributed by atoms with E-state index in [1.165, 1.54) is 5.56 Å². The number of hydrogen-bond acceptors (Lipinski definition) is 5. The summed E-state index contributed by atoms with van der Waals surface area (Å²) >= 11 is 0. The zero-order valence-corrected chi connectivity index (χ0v) is 19.1.